The molecule has 3 aromatic rings. The molecule has 2 aromatic carbocycles. The van der Waals surface area contributed by atoms with Crippen molar-refractivity contribution < 1.29 is 4.74 Å². The molecule has 1 aliphatic rings. The second-order valence-corrected chi connectivity index (χ2v) is 5.45. The Bertz CT molecular complexity index is 775. The molecule has 2 atom stereocenters. The van der Waals surface area contributed by atoms with Crippen molar-refractivity contribution in [3.63, 3.8) is 0 Å². The van der Waals surface area contributed by atoms with Crippen molar-refractivity contribution in [3.05, 3.63) is 71.9 Å². The first-order valence-corrected chi connectivity index (χ1v) is 7.16. The van der Waals surface area contributed by atoms with Crippen LogP contribution < -0.4 is 10.5 Å². The highest BCUT2D eigenvalue weighted by Crippen LogP contribution is 2.33. The van der Waals surface area contributed by atoms with Gasteiger partial charge in [0.15, 0.2) is 0 Å². The number of pyridine rings is 1. The van der Waals surface area contributed by atoms with Gasteiger partial charge in [-0.1, -0.05) is 36.4 Å². The quantitative estimate of drug-likeness (QED) is 0.781. The Morgan fingerprint density at radius 2 is 2.00 bits per heavy atom. The highest BCUT2D eigenvalue weighted by molar-refractivity contribution is 5.79. The largest absolute Gasteiger partial charge is 0.488 e. The Labute approximate surface area is 123 Å². The fourth-order valence-corrected chi connectivity index (χ4v) is 2.91. The van der Waals surface area contributed by atoms with Crippen LogP contribution in [0.4, 0.5) is 0 Å². The van der Waals surface area contributed by atoms with Crippen LogP contribution in [0.5, 0.6) is 5.75 Å². The number of rotatable bonds is 2. The van der Waals surface area contributed by atoms with E-state index in [-0.39, 0.29) is 12.1 Å². The van der Waals surface area contributed by atoms with Crippen molar-refractivity contribution >= 4 is 10.9 Å². The third kappa shape index (κ3) is 2.16. The van der Waals surface area contributed by atoms with E-state index in [0.717, 1.165) is 28.6 Å². The molecule has 1 aliphatic heterocycles. The van der Waals surface area contributed by atoms with E-state index in [1.54, 1.807) is 6.20 Å². The molecule has 0 saturated heterocycles. The van der Waals surface area contributed by atoms with E-state index in [0.29, 0.717) is 0 Å². The predicted molar refractivity (Wildman–Crippen MR) is 83.2 cm³/mol. The summed E-state index contributed by atoms with van der Waals surface area (Å²) in [6.07, 6.45) is 2.65. The molecule has 0 radical (unpaired) electrons. The summed E-state index contributed by atoms with van der Waals surface area (Å²) >= 11 is 0. The molecular formula is C18H16N2O. The lowest BCUT2D eigenvalue weighted by Crippen LogP contribution is -2.29. The molecule has 0 bridgehead atoms. The molecule has 0 amide bonds. The maximum atomic E-state index is 6.42. The van der Waals surface area contributed by atoms with Crippen molar-refractivity contribution in [2.45, 2.75) is 18.6 Å². The van der Waals surface area contributed by atoms with Crippen LogP contribution in [0.1, 0.15) is 17.2 Å². The van der Waals surface area contributed by atoms with Crippen molar-refractivity contribution in [2.24, 2.45) is 5.73 Å². The first-order valence-electron chi connectivity index (χ1n) is 7.16. The summed E-state index contributed by atoms with van der Waals surface area (Å²) < 4.78 is 5.99. The first kappa shape index (κ1) is 12.4. The first-order chi connectivity index (χ1) is 10.3. The van der Waals surface area contributed by atoms with Gasteiger partial charge in [-0.25, -0.2) is 0 Å². The molecule has 0 saturated carbocycles. The van der Waals surface area contributed by atoms with Crippen molar-refractivity contribution in [1.29, 1.82) is 0 Å². The molecule has 1 aromatic heterocycles. The van der Waals surface area contributed by atoms with Crippen LogP contribution in [-0.2, 0) is 6.42 Å². The number of hydrogen-bond donors (Lipinski definition) is 1. The van der Waals surface area contributed by atoms with Gasteiger partial charge in [0.2, 0.25) is 0 Å². The Kier molecular flexibility index (Phi) is 2.86. The highest BCUT2D eigenvalue weighted by atomic mass is 16.5. The fraction of sp³-hybridized carbons (Fsp3) is 0.167. The average molecular weight is 276 g/mol. The lowest BCUT2D eigenvalue weighted by Gasteiger charge is -2.19. The lowest BCUT2D eigenvalue weighted by atomic mass is 9.97. The van der Waals surface area contributed by atoms with Crippen LogP contribution in [0.25, 0.3) is 10.9 Å². The summed E-state index contributed by atoms with van der Waals surface area (Å²) in [5, 5.41) is 1.13. The molecular weight excluding hydrogens is 260 g/mol. The van der Waals surface area contributed by atoms with Gasteiger partial charge in [-0.15, -0.1) is 0 Å². The minimum atomic E-state index is -0.149. The average Bonchev–Trinajstić information content (AvgIpc) is 2.97. The van der Waals surface area contributed by atoms with E-state index in [9.17, 15) is 0 Å². The number of nitrogens with two attached hydrogens (primary N) is 1. The van der Waals surface area contributed by atoms with Gasteiger partial charge in [-0.3, -0.25) is 4.98 Å². The van der Waals surface area contributed by atoms with Crippen LogP contribution in [0.2, 0.25) is 0 Å². The maximum Gasteiger partial charge on any atom is 0.123 e. The summed E-state index contributed by atoms with van der Waals surface area (Å²) in [6, 6.07) is 18.2. The number of nitrogens with zero attached hydrogens (tertiary/aromatic N) is 1. The third-order valence-corrected chi connectivity index (χ3v) is 4.09. The zero-order valence-electron chi connectivity index (χ0n) is 11.6. The van der Waals surface area contributed by atoms with E-state index in [4.69, 9.17) is 10.5 Å². The summed E-state index contributed by atoms with van der Waals surface area (Å²) in [5.41, 5.74) is 9.69. The summed E-state index contributed by atoms with van der Waals surface area (Å²) in [4.78, 5) is 4.39. The number of aromatic nitrogens is 1. The molecule has 0 spiro atoms. The van der Waals surface area contributed by atoms with E-state index in [2.05, 4.69) is 35.3 Å². The van der Waals surface area contributed by atoms with Gasteiger partial charge in [0, 0.05) is 18.0 Å². The summed E-state index contributed by atoms with van der Waals surface area (Å²) in [5.74, 6) is 0.955. The van der Waals surface area contributed by atoms with Crippen molar-refractivity contribution in [1.82, 2.24) is 4.98 Å². The van der Waals surface area contributed by atoms with Crippen LogP contribution in [-0.4, -0.2) is 11.1 Å². The van der Waals surface area contributed by atoms with Crippen LogP contribution in [0, 0.1) is 0 Å². The van der Waals surface area contributed by atoms with E-state index < -0.39 is 0 Å². The van der Waals surface area contributed by atoms with E-state index in [1.165, 1.54) is 5.56 Å². The molecule has 0 aliphatic carbocycles. The Balaban J connectivity index is 1.64. The zero-order valence-corrected chi connectivity index (χ0v) is 11.6. The van der Waals surface area contributed by atoms with Crippen LogP contribution in [0.3, 0.4) is 0 Å². The zero-order chi connectivity index (χ0) is 14.2. The second kappa shape index (κ2) is 4.86. The van der Waals surface area contributed by atoms with Gasteiger partial charge in [-0.2, -0.15) is 0 Å². The number of hydrogen-bond acceptors (Lipinski definition) is 3. The number of fused-ring (bicyclic) bond motifs is 2. The fourth-order valence-electron chi connectivity index (χ4n) is 2.91. The molecule has 2 heterocycles. The normalized spacial score (nSPS) is 18.2. The topological polar surface area (TPSA) is 48.1 Å². The Hall–Kier alpha value is -2.39. The van der Waals surface area contributed by atoms with Gasteiger partial charge < -0.3 is 10.5 Å². The number of ether oxygens (including phenoxy) is 1. The maximum absolute atomic E-state index is 6.42. The molecule has 0 fully saturated rings. The van der Waals surface area contributed by atoms with Crippen LogP contribution >= 0.6 is 0 Å². The summed E-state index contributed by atoms with van der Waals surface area (Å²) in [7, 11) is 0. The monoisotopic (exact) mass is 276 g/mol. The smallest absolute Gasteiger partial charge is 0.123 e. The molecule has 2 N–H and O–H groups in total. The van der Waals surface area contributed by atoms with Gasteiger partial charge in [0.1, 0.15) is 11.9 Å². The van der Waals surface area contributed by atoms with Crippen molar-refractivity contribution in [3.8, 4) is 5.75 Å². The molecule has 3 nitrogen and oxygen atoms in total. The summed E-state index contributed by atoms with van der Waals surface area (Å²) in [6.45, 7) is 0. The van der Waals surface area contributed by atoms with Crippen molar-refractivity contribution in [2.75, 3.05) is 0 Å². The van der Waals surface area contributed by atoms with Gasteiger partial charge in [0.25, 0.3) is 0 Å². The minimum absolute atomic E-state index is 0.0106. The highest BCUT2D eigenvalue weighted by Gasteiger charge is 2.28. The number of para-hydroxylation sites is 1. The number of benzene rings is 2. The molecule has 21 heavy (non-hydrogen) atoms. The molecule has 2 unspecified atom stereocenters. The van der Waals surface area contributed by atoms with E-state index in [1.807, 2.05) is 24.3 Å². The lowest BCUT2D eigenvalue weighted by molar-refractivity contribution is 0.200. The van der Waals surface area contributed by atoms with Gasteiger partial charge in [-0.05, 0) is 29.3 Å². The Morgan fingerprint density at radius 3 is 2.90 bits per heavy atom. The minimum Gasteiger partial charge on any atom is -0.488 e. The SMILES string of the molecule is NC(c1ccc2cccnc2c1)C1Cc2ccccc2O1. The molecule has 104 valence electrons. The Morgan fingerprint density at radius 1 is 1.10 bits per heavy atom. The predicted octanol–water partition coefficient (Wildman–Crippen LogP) is 3.24. The van der Waals surface area contributed by atoms with E-state index >= 15 is 0 Å². The van der Waals surface area contributed by atoms with Gasteiger partial charge in [0.05, 0.1) is 11.6 Å². The molecule has 3 heteroatoms. The second-order valence-electron chi connectivity index (χ2n) is 5.45. The third-order valence-electron chi connectivity index (χ3n) is 4.09. The van der Waals surface area contributed by atoms with Gasteiger partial charge >= 0.3 is 0 Å². The molecule has 4 rings (SSSR count). The van der Waals surface area contributed by atoms with Crippen LogP contribution in [0.15, 0.2) is 60.8 Å². The standard InChI is InChI=1S/C18H16N2O/c19-18(17-11-13-4-1-2-6-16(13)21-17)14-8-7-12-5-3-9-20-15(12)10-14/h1-10,17-18H,11,19H2.